The van der Waals surface area contributed by atoms with E-state index in [1.165, 1.54) is 24.3 Å². The van der Waals surface area contributed by atoms with E-state index in [0.717, 1.165) is 11.3 Å². The predicted molar refractivity (Wildman–Crippen MR) is 85.7 cm³/mol. The first-order valence-corrected chi connectivity index (χ1v) is 7.09. The minimum Gasteiger partial charge on any atom is -0.508 e. The number of phenolic OH excluding ortho intramolecular Hbond substituents is 1. The summed E-state index contributed by atoms with van der Waals surface area (Å²) >= 11 is 0. The molecule has 3 N–H and O–H groups in total. The number of amides is 3. The molecule has 2 aromatic rings. The van der Waals surface area contributed by atoms with Crippen LogP contribution in [0.5, 0.6) is 11.5 Å². The molecule has 0 fully saturated rings. The van der Waals surface area contributed by atoms with E-state index >= 15 is 0 Å². The number of hydrogen-bond acceptors (Lipinski definition) is 4. The van der Waals surface area contributed by atoms with Crippen molar-refractivity contribution in [3.63, 3.8) is 0 Å². The maximum atomic E-state index is 11.8. The molecule has 23 heavy (non-hydrogen) atoms. The quantitative estimate of drug-likeness (QED) is 0.788. The summed E-state index contributed by atoms with van der Waals surface area (Å²) in [4.78, 5) is 23.5. The minimum absolute atomic E-state index is 0.0606. The first kappa shape index (κ1) is 16.4. The molecule has 0 aliphatic heterocycles. The molecule has 0 aromatic heterocycles. The molecule has 0 heterocycles. The standard InChI is InChI=1S/C17H18N2O4/c1-23-15-8-2-12(3-9-15)10-11-18-17(22)19-16(21)13-4-6-14(20)7-5-13/h2-9,20H,10-11H2,1H3,(H2,18,19,21,22). The van der Waals surface area contributed by atoms with Gasteiger partial charge >= 0.3 is 6.03 Å². The number of ether oxygens (including phenoxy) is 1. The highest BCUT2D eigenvalue weighted by Crippen LogP contribution is 2.11. The van der Waals surface area contributed by atoms with Crippen LogP contribution in [-0.2, 0) is 6.42 Å². The van der Waals surface area contributed by atoms with Crippen molar-refractivity contribution in [1.82, 2.24) is 10.6 Å². The molecular formula is C17H18N2O4. The number of phenols is 1. The van der Waals surface area contributed by atoms with E-state index in [2.05, 4.69) is 10.6 Å². The van der Waals surface area contributed by atoms with Gasteiger partial charge in [0.2, 0.25) is 0 Å². The molecule has 3 amide bonds. The van der Waals surface area contributed by atoms with Gasteiger partial charge in [-0.3, -0.25) is 10.1 Å². The maximum Gasteiger partial charge on any atom is 0.321 e. The molecule has 0 radical (unpaired) electrons. The number of imide groups is 1. The fourth-order valence-electron chi connectivity index (χ4n) is 1.94. The average molecular weight is 314 g/mol. The number of aromatic hydroxyl groups is 1. The van der Waals surface area contributed by atoms with E-state index in [1.807, 2.05) is 24.3 Å². The molecule has 0 bridgehead atoms. The van der Waals surface area contributed by atoms with Crippen molar-refractivity contribution in [2.45, 2.75) is 6.42 Å². The van der Waals surface area contributed by atoms with Crippen LogP contribution in [-0.4, -0.2) is 30.7 Å². The topological polar surface area (TPSA) is 87.7 Å². The Hall–Kier alpha value is -3.02. The lowest BCUT2D eigenvalue weighted by molar-refractivity contribution is 0.0964. The number of rotatable bonds is 5. The molecule has 0 atom stereocenters. The zero-order valence-electron chi connectivity index (χ0n) is 12.7. The van der Waals surface area contributed by atoms with Crippen molar-refractivity contribution in [2.75, 3.05) is 13.7 Å². The Balaban J connectivity index is 1.76. The number of carbonyl (C=O) groups is 2. The molecule has 0 saturated carbocycles. The van der Waals surface area contributed by atoms with Crippen LogP contribution in [0.15, 0.2) is 48.5 Å². The van der Waals surface area contributed by atoms with Gasteiger partial charge < -0.3 is 15.2 Å². The molecule has 120 valence electrons. The van der Waals surface area contributed by atoms with E-state index in [1.54, 1.807) is 7.11 Å². The molecule has 6 nitrogen and oxygen atoms in total. The monoisotopic (exact) mass is 314 g/mol. The van der Waals surface area contributed by atoms with Crippen LogP contribution < -0.4 is 15.4 Å². The number of nitrogens with one attached hydrogen (secondary N) is 2. The second-order valence-corrected chi connectivity index (χ2v) is 4.85. The summed E-state index contributed by atoms with van der Waals surface area (Å²) in [6, 6.07) is 12.6. The summed E-state index contributed by atoms with van der Waals surface area (Å²) in [7, 11) is 1.60. The number of hydrogen-bond donors (Lipinski definition) is 3. The molecule has 0 unspecified atom stereocenters. The van der Waals surface area contributed by atoms with Gasteiger partial charge in [-0.25, -0.2) is 4.79 Å². The molecule has 0 spiro atoms. The predicted octanol–water partition coefficient (Wildman–Crippen LogP) is 2.08. The van der Waals surface area contributed by atoms with Crippen molar-refractivity contribution in [1.29, 1.82) is 0 Å². The highest BCUT2D eigenvalue weighted by atomic mass is 16.5. The lowest BCUT2D eigenvalue weighted by atomic mass is 10.1. The second kappa shape index (κ2) is 7.84. The Kier molecular flexibility index (Phi) is 5.57. The van der Waals surface area contributed by atoms with Gasteiger partial charge in [0, 0.05) is 12.1 Å². The normalized spacial score (nSPS) is 9.96. The molecular weight excluding hydrogens is 296 g/mol. The van der Waals surface area contributed by atoms with Gasteiger partial charge in [-0.2, -0.15) is 0 Å². The molecule has 0 aliphatic rings. The molecule has 0 aliphatic carbocycles. The van der Waals surface area contributed by atoms with Gasteiger partial charge in [0.25, 0.3) is 5.91 Å². The zero-order chi connectivity index (χ0) is 16.7. The number of benzene rings is 2. The second-order valence-electron chi connectivity index (χ2n) is 4.85. The van der Waals surface area contributed by atoms with Crippen LogP contribution in [0.3, 0.4) is 0 Å². The Morgan fingerprint density at radius 2 is 1.70 bits per heavy atom. The summed E-state index contributed by atoms with van der Waals surface area (Å²) in [5, 5.41) is 14.0. The van der Waals surface area contributed by atoms with Crippen molar-refractivity contribution < 1.29 is 19.4 Å². The first-order chi connectivity index (χ1) is 11.1. The highest BCUT2D eigenvalue weighted by Gasteiger charge is 2.09. The summed E-state index contributed by atoms with van der Waals surface area (Å²) in [5.74, 6) is 0.316. The van der Waals surface area contributed by atoms with Crippen LogP contribution in [0.25, 0.3) is 0 Å². The Morgan fingerprint density at radius 3 is 2.30 bits per heavy atom. The Bertz CT molecular complexity index is 666. The van der Waals surface area contributed by atoms with Gasteiger partial charge in [0.1, 0.15) is 11.5 Å². The number of urea groups is 1. The lowest BCUT2D eigenvalue weighted by Gasteiger charge is -2.07. The van der Waals surface area contributed by atoms with E-state index in [-0.39, 0.29) is 5.75 Å². The fraction of sp³-hybridized carbons (Fsp3) is 0.176. The molecule has 2 aromatic carbocycles. The van der Waals surface area contributed by atoms with E-state index in [0.29, 0.717) is 18.5 Å². The van der Waals surface area contributed by atoms with Crippen LogP contribution in [0.1, 0.15) is 15.9 Å². The summed E-state index contributed by atoms with van der Waals surface area (Å²) in [6.45, 7) is 0.404. The largest absolute Gasteiger partial charge is 0.508 e. The van der Waals surface area contributed by atoms with E-state index in [4.69, 9.17) is 9.84 Å². The van der Waals surface area contributed by atoms with Crippen molar-refractivity contribution in [3.05, 3.63) is 59.7 Å². The van der Waals surface area contributed by atoms with Crippen LogP contribution in [0.2, 0.25) is 0 Å². The Labute approximate surface area is 134 Å². The van der Waals surface area contributed by atoms with Crippen molar-refractivity contribution >= 4 is 11.9 Å². The third-order valence-corrected chi connectivity index (χ3v) is 3.21. The fourth-order valence-corrected chi connectivity index (χ4v) is 1.94. The summed E-state index contributed by atoms with van der Waals surface area (Å²) < 4.78 is 5.07. The SMILES string of the molecule is COc1ccc(CCNC(=O)NC(=O)c2ccc(O)cc2)cc1. The number of carbonyl (C=O) groups excluding carboxylic acids is 2. The van der Waals surface area contributed by atoms with Crippen LogP contribution >= 0.6 is 0 Å². The van der Waals surface area contributed by atoms with Gasteiger partial charge in [0.15, 0.2) is 0 Å². The highest BCUT2D eigenvalue weighted by molar-refractivity contribution is 6.04. The molecule has 6 heteroatoms. The minimum atomic E-state index is -0.559. The first-order valence-electron chi connectivity index (χ1n) is 7.09. The van der Waals surface area contributed by atoms with Gasteiger partial charge in [-0.15, -0.1) is 0 Å². The number of methoxy groups -OCH3 is 1. The molecule has 2 rings (SSSR count). The summed E-state index contributed by atoms with van der Waals surface area (Å²) in [5.41, 5.74) is 1.35. The van der Waals surface area contributed by atoms with Gasteiger partial charge in [0.05, 0.1) is 7.11 Å². The third-order valence-electron chi connectivity index (χ3n) is 3.21. The Morgan fingerprint density at radius 1 is 1.04 bits per heavy atom. The van der Waals surface area contributed by atoms with Gasteiger partial charge in [-0.05, 0) is 48.4 Å². The van der Waals surface area contributed by atoms with Crippen molar-refractivity contribution in [3.8, 4) is 11.5 Å². The van der Waals surface area contributed by atoms with Crippen LogP contribution in [0, 0.1) is 0 Å². The van der Waals surface area contributed by atoms with E-state index in [9.17, 15) is 9.59 Å². The third kappa shape index (κ3) is 5.03. The smallest absolute Gasteiger partial charge is 0.321 e. The summed E-state index contributed by atoms with van der Waals surface area (Å²) in [6.07, 6.45) is 0.644. The van der Waals surface area contributed by atoms with E-state index < -0.39 is 11.9 Å². The van der Waals surface area contributed by atoms with Crippen molar-refractivity contribution in [2.24, 2.45) is 0 Å². The lowest BCUT2D eigenvalue weighted by Crippen LogP contribution is -2.40. The van der Waals surface area contributed by atoms with Crippen LogP contribution in [0.4, 0.5) is 4.79 Å². The van der Waals surface area contributed by atoms with Gasteiger partial charge in [-0.1, -0.05) is 12.1 Å². The average Bonchev–Trinajstić information content (AvgIpc) is 2.56. The zero-order valence-corrected chi connectivity index (χ0v) is 12.7. The molecule has 0 saturated heterocycles. The maximum absolute atomic E-state index is 11.8.